The summed E-state index contributed by atoms with van der Waals surface area (Å²) < 4.78 is 0. The average molecular weight is 389 g/mol. The first kappa shape index (κ1) is 20.9. The Morgan fingerprint density at radius 2 is 1.59 bits per heavy atom. The van der Waals surface area contributed by atoms with Crippen LogP contribution in [0.3, 0.4) is 0 Å². The number of halogens is 1. The third-order valence-electron chi connectivity index (χ3n) is 4.63. The molecule has 1 unspecified atom stereocenters. The van der Waals surface area contributed by atoms with E-state index in [2.05, 4.69) is 10.6 Å². The molecular formula is C21H27ClN3O2+. The minimum Gasteiger partial charge on any atom is -0.321 e. The zero-order valence-corrected chi connectivity index (χ0v) is 17.2. The molecule has 0 aliphatic heterocycles. The second-order valence-electron chi connectivity index (χ2n) is 7.06. The number of carbonyl (C=O) groups excluding carboxylic acids is 2. The van der Waals surface area contributed by atoms with E-state index in [-0.39, 0.29) is 24.4 Å². The lowest BCUT2D eigenvalue weighted by Crippen LogP contribution is -3.14. The molecule has 144 valence electrons. The minimum absolute atomic E-state index is 0.109. The van der Waals surface area contributed by atoms with Crippen molar-refractivity contribution in [3.63, 3.8) is 0 Å². The van der Waals surface area contributed by atoms with Gasteiger partial charge in [-0.1, -0.05) is 29.3 Å². The molecule has 5 nitrogen and oxygen atoms in total. The third-order valence-corrected chi connectivity index (χ3v) is 4.88. The van der Waals surface area contributed by atoms with Crippen molar-refractivity contribution in [2.45, 2.75) is 33.7 Å². The lowest BCUT2D eigenvalue weighted by molar-refractivity contribution is -0.885. The van der Waals surface area contributed by atoms with Crippen molar-refractivity contribution in [3.8, 4) is 0 Å². The van der Waals surface area contributed by atoms with Gasteiger partial charge >= 0.3 is 0 Å². The zero-order valence-electron chi connectivity index (χ0n) is 16.4. The van der Waals surface area contributed by atoms with E-state index < -0.39 is 0 Å². The maximum Gasteiger partial charge on any atom is 0.282 e. The molecule has 2 amide bonds. The molecule has 0 aromatic heterocycles. The Bertz CT molecular complexity index is 811. The number of carbonyl (C=O) groups is 2. The summed E-state index contributed by atoms with van der Waals surface area (Å²) in [5, 5.41) is 6.44. The molecule has 0 aliphatic carbocycles. The average Bonchev–Trinajstić information content (AvgIpc) is 2.59. The SMILES string of the molecule is Cc1cc(C)c(NC(=O)[C@H](C)[NH+](C)CC(=O)Nc2ccc(Cl)cc2)c(C)c1. The Morgan fingerprint density at radius 3 is 2.15 bits per heavy atom. The van der Waals surface area contributed by atoms with Crippen LogP contribution in [0.5, 0.6) is 0 Å². The van der Waals surface area contributed by atoms with E-state index in [1.165, 1.54) is 0 Å². The lowest BCUT2D eigenvalue weighted by Gasteiger charge is -2.22. The maximum absolute atomic E-state index is 12.6. The smallest absolute Gasteiger partial charge is 0.282 e. The molecule has 0 saturated heterocycles. The van der Waals surface area contributed by atoms with Gasteiger partial charge in [-0.15, -0.1) is 0 Å². The highest BCUT2D eigenvalue weighted by atomic mass is 35.5. The van der Waals surface area contributed by atoms with Crippen molar-refractivity contribution < 1.29 is 14.5 Å². The first-order chi connectivity index (χ1) is 12.7. The summed E-state index contributed by atoms with van der Waals surface area (Å²) in [6.07, 6.45) is 0. The second-order valence-corrected chi connectivity index (χ2v) is 7.50. The van der Waals surface area contributed by atoms with Gasteiger partial charge in [-0.05, 0) is 63.1 Å². The highest BCUT2D eigenvalue weighted by Gasteiger charge is 2.24. The van der Waals surface area contributed by atoms with Gasteiger partial charge in [-0.2, -0.15) is 0 Å². The van der Waals surface area contributed by atoms with Crippen LogP contribution in [-0.4, -0.2) is 31.4 Å². The number of anilines is 2. The largest absolute Gasteiger partial charge is 0.321 e. The molecule has 0 spiro atoms. The van der Waals surface area contributed by atoms with Crippen LogP contribution in [-0.2, 0) is 9.59 Å². The number of rotatable bonds is 6. The molecular weight excluding hydrogens is 362 g/mol. The van der Waals surface area contributed by atoms with E-state index in [0.29, 0.717) is 10.7 Å². The van der Waals surface area contributed by atoms with E-state index in [1.54, 1.807) is 24.3 Å². The maximum atomic E-state index is 12.6. The summed E-state index contributed by atoms with van der Waals surface area (Å²) in [7, 11) is 1.83. The zero-order chi connectivity index (χ0) is 20.1. The van der Waals surface area contributed by atoms with Crippen LogP contribution in [0.2, 0.25) is 5.02 Å². The highest BCUT2D eigenvalue weighted by molar-refractivity contribution is 6.30. The van der Waals surface area contributed by atoms with Gasteiger partial charge in [0, 0.05) is 16.4 Å². The fraction of sp³-hybridized carbons (Fsp3) is 0.333. The topological polar surface area (TPSA) is 62.6 Å². The fourth-order valence-electron chi connectivity index (χ4n) is 2.98. The molecule has 2 rings (SSSR count). The van der Waals surface area contributed by atoms with Gasteiger partial charge in [0.1, 0.15) is 0 Å². The van der Waals surface area contributed by atoms with Crippen molar-refractivity contribution in [2.24, 2.45) is 0 Å². The van der Waals surface area contributed by atoms with Gasteiger partial charge in [0.15, 0.2) is 12.6 Å². The normalized spacial score (nSPS) is 13.0. The quantitative estimate of drug-likeness (QED) is 0.712. The van der Waals surface area contributed by atoms with Gasteiger partial charge in [0.25, 0.3) is 11.8 Å². The van der Waals surface area contributed by atoms with E-state index in [0.717, 1.165) is 27.3 Å². The predicted octanol–water partition coefficient (Wildman–Crippen LogP) is 2.75. The monoisotopic (exact) mass is 388 g/mol. The number of quaternary nitrogens is 1. The van der Waals surface area contributed by atoms with Crippen molar-refractivity contribution in [1.29, 1.82) is 0 Å². The molecule has 0 radical (unpaired) electrons. The molecule has 0 saturated carbocycles. The molecule has 2 atom stereocenters. The molecule has 0 heterocycles. The van der Waals surface area contributed by atoms with E-state index in [4.69, 9.17) is 11.6 Å². The van der Waals surface area contributed by atoms with Gasteiger partial charge in [0.2, 0.25) is 0 Å². The van der Waals surface area contributed by atoms with Crippen molar-refractivity contribution in [1.82, 2.24) is 0 Å². The van der Waals surface area contributed by atoms with Crippen LogP contribution >= 0.6 is 11.6 Å². The molecule has 0 aliphatic rings. The summed E-state index contributed by atoms with van der Waals surface area (Å²) in [4.78, 5) is 25.7. The van der Waals surface area contributed by atoms with Gasteiger partial charge in [-0.25, -0.2) is 0 Å². The Balaban J connectivity index is 1.95. The van der Waals surface area contributed by atoms with Crippen LogP contribution in [0.15, 0.2) is 36.4 Å². The molecule has 2 aromatic carbocycles. The number of hydrogen-bond acceptors (Lipinski definition) is 2. The van der Waals surface area contributed by atoms with Crippen LogP contribution in [0.1, 0.15) is 23.6 Å². The molecule has 27 heavy (non-hydrogen) atoms. The Hall–Kier alpha value is -2.37. The fourth-order valence-corrected chi connectivity index (χ4v) is 3.10. The van der Waals surface area contributed by atoms with E-state index in [9.17, 15) is 9.59 Å². The molecule has 2 aromatic rings. The number of benzene rings is 2. The number of hydrogen-bond donors (Lipinski definition) is 3. The Kier molecular flexibility index (Phi) is 6.99. The summed E-state index contributed by atoms with van der Waals surface area (Å²) in [5.74, 6) is -0.265. The summed E-state index contributed by atoms with van der Waals surface area (Å²) in [6, 6.07) is 10.6. The van der Waals surface area contributed by atoms with E-state index in [1.807, 2.05) is 46.9 Å². The number of likely N-dealkylation sites (N-methyl/N-ethyl adjacent to an activating group) is 1. The summed E-state index contributed by atoms with van der Waals surface area (Å²) >= 11 is 5.84. The van der Waals surface area contributed by atoms with Gasteiger partial charge < -0.3 is 15.5 Å². The number of amides is 2. The van der Waals surface area contributed by atoms with E-state index >= 15 is 0 Å². The standard InChI is InChI=1S/C21H26ClN3O2/c1-13-10-14(2)20(15(3)11-13)24-21(27)16(4)25(5)12-19(26)23-18-8-6-17(22)7-9-18/h6-11,16H,12H2,1-5H3,(H,23,26)(H,24,27)/p+1/t16-/m0/s1. The second kappa shape index (κ2) is 9.02. The summed E-state index contributed by atoms with van der Waals surface area (Å²) in [6.45, 7) is 8.00. The number of nitrogens with one attached hydrogen (secondary N) is 3. The number of aryl methyl sites for hydroxylation is 3. The molecule has 0 fully saturated rings. The first-order valence-corrected chi connectivity index (χ1v) is 9.31. The van der Waals surface area contributed by atoms with Gasteiger partial charge in [0.05, 0.1) is 7.05 Å². The molecule has 0 bridgehead atoms. The Labute approximate surface area is 165 Å². The van der Waals surface area contributed by atoms with Gasteiger partial charge in [-0.3, -0.25) is 9.59 Å². The van der Waals surface area contributed by atoms with Crippen LogP contribution < -0.4 is 15.5 Å². The lowest BCUT2D eigenvalue weighted by atomic mass is 10.0. The van der Waals surface area contributed by atoms with Crippen LogP contribution in [0.4, 0.5) is 11.4 Å². The highest BCUT2D eigenvalue weighted by Crippen LogP contribution is 2.21. The minimum atomic E-state index is -0.374. The molecule has 6 heteroatoms. The van der Waals surface area contributed by atoms with Crippen molar-refractivity contribution in [3.05, 3.63) is 58.1 Å². The first-order valence-electron chi connectivity index (χ1n) is 8.94. The Morgan fingerprint density at radius 1 is 1.04 bits per heavy atom. The van der Waals surface area contributed by atoms with Crippen LogP contribution in [0, 0.1) is 20.8 Å². The summed E-state index contributed by atoms with van der Waals surface area (Å²) in [5.41, 5.74) is 4.76. The molecule has 3 N–H and O–H groups in total. The predicted molar refractivity (Wildman–Crippen MR) is 111 cm³/mol. The van der Waals surface area contributed by atoms with Crippen molar-refractivity contribution >= 4 is 34.8 Å². The van der Waals surface area contributed by atoms with Crippen LogP contribution in [0.25, 0.3) is 0 Å². The van der Waals surface area contributed by atoms with Crippen molar-refractivity contribution in [2.75, 3.05) is 24.2 Å². The third kappa shape index (κ3) is 5.81.